The molecule has 0 aliphatic carbocycles. The molecule has 1 aromatic heterocycles. The van der Waals surface area contributed by atoms with Crippen LogP contribution < -0.4 is 10.1 Å². The van der Waals surface area contributed by atoms with E-state index in [2.05, 4.69) is 16.8 Å². The molecule has 2 atom stereocenters. The van der Waals surface area contributed by atoms with Crippen LogP contribution in [0, 0.1) is 0 Å². The lowest BCUT2D eigenvalue weighted by molar-refractivity contribution is -0.135. The lowest BCUT2D eigenvalue weighted by Gasteiger charge is -2.38. The number of para-hydroxylation sites is 1. The van der Waals surface area contributed by atoms with Crippen LogP contribution in [0.1, 0.15) is 50.1 Å². The fourth-order valence-corrected chi connectivity index (χ4v) is 4.71. The van der Waals surface area contributed by atoms with E-state index in [0.29, 0.717) is 19.7 Å². The third-order valence-corrected chi connectivity index (χ3v) is 6.78. The van der Waals surface area contributed by atoms with Gasteiger partial charge in [-0.15, -0.1) is 11.3 Å². The number of fused-ring (bicyclic) bond motifs is 1. The number of rotatable bonds is 9. The number of carbonyl (C=O) groups is 2. The first kappa shape index (κ1) is 23.1. The van der Waals surface area contributed by atoms with Crippen LogP contribution in [-0.2, 0) is 11.2 Å². The second kappa shape index (κ2) is 11.2. The third-order valence-electron chi connectivity index (χ3n) is 5.78. The standard InChI is InChI=1S/C24H33N3O3S/c1-4-13-25-24(29)27(18(3)5-2)16-23(28)26-14-11-22-20(12-15-31-22)21(26)17-30-19-9-7-6-8-10-19/h6-10,12,15,18,21H,4-5,11,13-14,16-17H2,1-3H3,(H,25,29)/t18-,21+/m1/s1. The number of benzene rings is 1. The molecule has 31 heavy (non-hydrogen) atoms. The summed E-state index contributed by atoms with van der Waals surface area (Å²) in [6, 6.07) is 11.4. The molecule has 3 rings (SSSR count). The maximum absolute atomic E-state index is 13.4. The molecule has 2 aromatic rings. The predicted octanol–water partition coefficient (Wildman–Crippen LogP) is 4.47. The number of thiophene rings is 1. The average Bonchev–Trinajstić information content (AvgIpc) is 3.28. The highest BCUT2D eigenvalue weighted by atomic mass is 32.1. The van der Waals surface area contributed by atoms with Gasteiger partial charge in [-0.2, -0.15) is 0 Å². The molecule has 1 aliphatic heterocycles. The summed E-state index contributed by atoms with van der Waals surface area (Å²) in [6.45, 7) is 7.75. The number of amides is 3. The second-order valence-electron chi connectivity index (χ2n) is 7.89. The molecular formula is C24H33N3O3S. The third kappa shape index (κ3) is 5.79. The molecule has 6 nitrogen and oxygen atoms in total. The summed E-state index contributed by atoms with van der Waals surface area (Å²) < 4.78 is 6.04. The van der Waals surface area contributed by atoms with Crippen LogP contribution in [0.2, 0.25) is 0 Å². The van der Waals surface area contributed by atoms with E-state index in [-0.39, 0.29) is 30.6 Å². The molecule has 2 heterocycles. The van der Waals surface area contributed by atoms with Gasteiger partial charge in [-0.25, -0.2) is 4.79 Å². The van der Waals surface area contributed by atoms with Gasteiger partial charge in [-0.05, 0) is 55.3 Å². The maximum Gasteiger partial charge on any atom is 0.318 e. The minimum Gasteiger partial charge on any atom is -0.491 e. The van der Waals surface area contributed by atoms with E-state index in [4.69, 9.17) is 4.74 Å². The van der Waals surface area contributed by atoms with Crippen molar-refractivity contribution in [2.45, 2.75) is 52.1 Å². The Hall–Kier alpha value is -2.54. The van der Waals surface area contributed by atoms with Gasteiger partial charge in [0.15, 0.2) is 0 Å². The van der Waals surface area contributed by atoms with Crippen LogP contribution in [-0.4, -0.2) is 54.0 Å². The fourth-order valence-electron chi connectivity index (χ4n) is 3.78. The summed E-state index contributed by atoms with van der Waals surface area (Å²) in [6.07, 6.45) is 2.49. The molecular weight excluding hydrogens is 410 g/mol. The van der Waals surface area contributed by atoms with Gasteiger partial charge < -0.3 is 19.9 Å². The number of hydrogen-bond acceptors (Lipinski definition) is 4. The molecule has 0 radical (unpaired) electrons. The smallest absolute Gasteiger partial charge is 0.318 e. The van der Waals surface area contributed by atoms with Crippen molar-refractivity contribution < 1.29 is 14.3 Å². The van der Waals surface area contributed by atoms with Gasteiger partial charge in [-0.3, -0.25) is 4.79 Å². The van der Waals surface area contributed by atoms with Gasteiger partial charge in [0, 0.05) is 24.0 Å². The van der Waals surface area contributed by atoms with E-state index in [1.54, 1.807) is 16.2 Å². The Labute approximate surface area is 189 Å². The molecule has 1 aliphatic rings. The van der Waals surface area contributed by atoms with Crippen molar-refractivity contribution in [3.63, 3.8) is 0 Å². The molecule has 0 unspecified atom stereocenters. The van der Waals surface area contributed by atoms with Crippen LogP contribution in [0.25, 0.3) is 0 Å². The van der Waals surface area contributed by atoms with Crippen molar-refractivity contribution in [2.24, 2.45) is 0 Å². The minimum absolute atomic E-state index is 0.0127. The van der Waals surface area contributed by atoms with Gasteiger partial charge in [0.05, 0.1) is 6.04 Å². The Morgan fingerprint density at radius 1 is 1.26 bits per heavy atom. The highest BCUT2D eigenvalue weighted by molar-refractivity contribution is 7.10. The largest absolute Gasteiger partial charge is 0.491 e. The van der Waals surface area contributed by atoms with E-state index >= 15 is 0 Å². The Morgan fingerprint density at radius 3 is 2.74 bits per heavy atom. The number of carbonyl (C=O) groups excluding carboxylic acids is 2. The zero-order valence-electron chi connectivity index (χ0n) is 18.7. The second-order valence-corrected chi connectivity index (χ2v) is 8.89. The van der Waals surface area contributed by atoms with Crippen LogP contribution in [0.3, 0.4) is 0 Å². The van der Waals surface area contributed by atoms with Crippen molar-refractivity contribution >= 4 is 23.3 Å². The predicted molar refractivity (Wildman–Crippen MR) is 125 cm³/mol. The Morgan fingerprint density at radius 2 is 2.03 bits per heavy atom. The molecule has 7 heteroatoms. The number of nitrogens with zero attached hydrogens (tertiary/aromatic N) is 2. The monoisotopic (exact) mass is 443 g/mol. The Kier molecular flexibility index (Phi) is 8.35. The number of nitrogens with one attached hydrogen (secondary N) is 1. The molecule has 0 saturated carbocycles. The summed E-state index contributed by atoms with van der Waals surface area (Å²) in [7, 11) is 0. The normalized spacial score (nSPS) is 16.4. The molecule has 1 aromatic carbocycles. The Balaban J connectivity index is 1.75. The molecule has 0 fully saturated rings. The SMILES string of the molecule is CCCNC(=O)N(CC(=O)N1CCc2sccc2[C@@H]1COc1ccccc1)[C@H](C)CC. The summed E-state index contributed by atoms with van der Waals surface area (Å²) in [5.74, 6) is 0.753. The first-order chi connectivity index (χ1) is 15.0. The quantitative estimate of drug-likeness (QED) is 0.622. The molecule has 0 saturated heterocycles. The highest BCUT2D eigenvalue weighted by Crippen LogP contribution is 2.34. The van der Waals surface area contributed by atoms with Crippen molar-refractivity contribution in [2.75, 3.05) is 26.2 Å². The van der Waals surface area contributed by atoms with Gasteiger partial charge >= 0.3 is 6.03 Å². The van der Waals surface area contributed by atoms with Crippen molar-refractivity contribution in [1.29, 1.82) is 0 Å². The van der Waals surface area contributed by atoms with Crippen molar-refractivity contribution in [3.05, 3.63) is 52.2 Å². The van der Waals surface area contributed by atoms with Crippen molar-refractivity contribution in [1.82, 2.24) is 15.1 Å². The summed E-state index contributed by atoms with van der Waals surface area (Å²) in [5.41, 5.74) is 1.16. The molecule has 3 amide bonds. The van der Waals surface area contributed by atoms with E-state index in [0.717, 1.165) is 30.6 Å². The van der Waals surface area contributed by atoms with Gasteiger partial charge in [0.25, 0.3) is 0 Å². The average molecular weight is 444 g/mol. The summed E-state index contributed by atoms with van der Waals surface area (Å²) >= 11 is 1.73. The van der Waals surface area contributed by atoms with E-state index in [1.807, 2.05) is 56.0 Å². The highest BCUT2D eigenvalue weighted by Gasteiger charge is 2.34. The molecule has 168 valence electrons. The van der Waals surface area contributed by atoms with E-state index in [1.165, 1.54) is 4.88 Å². The van der Waals surface area contributed by atoms with E-state index < -0.39 is 0 Å². The Bertz CT molecular complexity index is 855. The summed E-state index contributed by atoms with van der Waals surface area (Å²) in [4.78, 5) is 31.0. The zero-order valence-corrected chi connectivity index (χ0v) is 19.5. The lowest BCUT2D eigenvalue weighted by atomic mass is 10.00. The maximum atomic E-state index is 13.4. The van der Waals surface area contributed by atoms with Crippen LogP contribution in [0.5, 0.6) is 5.75 Å². The number of hydrogen-bond donors (Lipinski definition) is 1. The van der Waals surface area contributed by atoms with Gasteiger partial charge in [0.1, 0.15) is 18.9 Å². The minimum atomic E-state index is -0.171. The molecule has 0 spiro atoms. The first-order valence-electron chi connectivity index (χ1n) is 11.1. The van der Waals surface area contributed by atoms with Crippen LogP contribution in [0.4, 0.5) is 4.79 Å². The van der Waals surface area contributed by atoms with E-state index in [9.17, 15) is 9.59 Å². The van der Waals surface area contributed by atoms with Crippen molar-refractivity contribution in [3.8, 4) is 5.75 Å². The topological polar surface area (TPSA) is 61.9 Å². The van der Waals surface area contributed by atoms with Crippen LogP contribution >= 0.6 is 11.3 Å². The molecule has 0 bridgehead atoms. The van der Waals surface area contributed by atoms with Crippen LogP contribution in [0.15, 0.2) is 41.8 Å². The number of ether oxygens (including phenoxy) is 1. The molecule has 1 N–H and O–H groups in total. The fraction of sp³-hybridized carbons (Fsp3) is 0.500. The number of urea groups is 1. The van der Waals surface area contributed by atoms with Gasteiger partial charge in [-0.1, -0.05) is 32.0 Å². The zero-order chi connectivity index (χ0) is 22.2. The summed E-state index contributed by atoms with van der Waals surface area (Å²) in [5, 5.41) is 5.00. The lowest BCUT2D eigenvalue weighted by Crippen LogP contribution is -2.52. The first-order valence-corrected chi connectivity index (χ1v) is 12.0. The van der Waals surface area contributed by atoms with Gasteiger partial charge in [0.2, 0.25) is 5.91 Å².